The molecule has 0 spiro atoms. The van der Waals surface area contributed by atoms with E-state index in [1.165, 1.54) is 12.1 Å². The molecule has 0 saturated heterocycles. The summed E-state index contributed by atoms with van der Waals surface area (Å²) >= 11 is 0. The molecule has 0 radical (unpaired) electrons. The van der Waals surface area contributed by atoms with E-state index in [0.717, 1.165) is 16.5 Å². The first kappa shape index (κ1) is 24.0. The van der Waals surface area contributed by atoms with E-state index in [-0.39, 0.29) is 47.2 Å². The zero-order valence-corrected chi connectivity index (χ0v) is 18.7. The number of hydrogen-bond acceptors (Lipinski definition) is 5. The minimum Gasteiger partial charge on any atom is -0.548 e. The van der Waals surface area contributed by atoms with Gasteiger partial charge < -0.3 is 25.5 Å². The molecule has 0 saturated carbocycles. The van der Waals surface area contributed by atoms with E-state index in [4.69, 9.17) is 5.53 Å². The molecule has 1 atom stereocenters. The zero-order valence-electron chi connectivity index (χ0n) is 16.7. The molecule has 11 heteroatoms. The fourth-order valence-corrected chi connectivity index (χ4v) is 3.05. The minimum atomic E-state index is -1.45. The molecule has 152 valence electrons. The summed E-state index contributed by atoms with van der Waals surface area (Å²) in [6, 6.07) is 12.5. The number of fused-ring (bicyclic) bond motifs is 1. The Kier molecular flexibility index (Phi) is 8.65. The van der Waals surface area contributed by atoms with Crippen molar-refractivity contribution >= 4 is 34.4 Å². The van der Waals surface area contributed by atoms with E-state index in [1.807, 2.05) is 24.3 Å². The van der Waals surface area contributed by atoms with Gasteiger partial charge >= 0.3 is 29.6 Å². The second-order valence-electron chi connectivity index (χ2n) is 6.39. The molecule has 0 aliphatic rings. The second kappa shape index (κ2) is 11.2. The van der Waals surface area contributed by atoms with Crippen LogP contribution in [0.5, 0.6) is 0 Å². The first-order valence-electron chi connectivity index (χ1n) is 8.97. The fraction of sp³-hybridized carbons (Fsp3) is 0.150. The third-order valence-electron chi connectivity index (χ3n) is 4.43. The molecule has 0 fully saturated rings. The summed E-state index contributed by atoms with van der Waals surface area (Å²) in [6.45, 7) is -0.686. The molecule has 0 aliphatic heterocycles. The smallest absolute Gasteiger partial charge is 0.548 e. The molecular formula is C20H17N6NaO4. The Morgan fingerprint density at radius 1 is 1.13 bits per heavy atom. The van der Waals surface area contributed by atoms with Gasteiger partial charge in [-0.05, 0) is 23.2 Å². The Morgan fingerprint density at radius 3 is 2.58 bits per heavy atom. The number of hydrogen-bond donors (Lipinski definition) is 3. The topological polar surface area (TPSA) is 163 Å². The SMILES string of the molecule is [N-]=[N+]=Nc1ccccc1C(=O)N[C@H](Cc1c[nH]c2ccccc12)C(=O)NCC(=O)[O-].[Na+]. The van der Waals surface area contributed by atoms with Crippen LogP contribution in [-0.4, -0.2) is 35.4 Å². The number of carboxylic acids is 1. The van der Waals surface area contributed by atoms with Crippen molar-refractivity contribution in [2.75, 3.05) is 6.54 Å². The van der Waals surface area contributed by atoms with Crippen molar-refractivity contribution in [3.63, 3.8) is 0 Å². The predicted molar refractivity (Wildman–Crippen MR) is 107 cm³/mol. The number of para-hydroxylation sites is 1. The second-order valence-corrected chi connectivity index (χ2v) is 6.39. The van der Waals surface area contributed by atoms with Gasteiger partial charge in [0, 0.05) is 34.0 Å². The number of carbonyl (C=O) groups excluding carboxylic acids is 3. The Morgan fingerprint density at radius 2 is 1.84 bits per heavy atom. The average Bonchev–Trinajstić information content (AvgIpc) is 3.15. The predicted octanol–water partition coefficient (Wildman–Crippen LogP) is -1.68. The van der Waals surface area contributed by atoms with Gasteiger partial charge in [0.1, 0.15) is 6.04 Å². The van der Waals surface area contributed by atoms with Crippen LogP contribution in [0.15, 0.2) is 59.8 Å². The minimum absolute atomic E-state index is 0. The molecule has 0 aliphatic carbocycles. The first-order chi connectivity index (χ1) is 14.5. The van der Waals surface area contributed by atoms with Crippen molar-refractivity contribution in [3.8, 4) is 0 Å². The standard InChI is InChI=1S/C20H18N6O4.Na/c21-26-25-16-8-4-2-6-14(16)19(29)24-17(20(30)23-11-18(27)28)9-12-10-22-15-7-3-1-5-13(12)15;/h1-8,10,17,22H,9,11H2,(H,23,30)(H,24,29)(H,27,28);/q;+1/p-1/t17-;/m1./s1. The van der Waals surface area contributed by atoms with Crippen molar-refractivity contribution in [1.29, 1.82) is 0 Å². The number of aromatic nitrogens is 1. The molecule has 0 bridgehead atoms. The van der Waals surface area contributed by atoms with E-state index < -0.39 is 30.4 Å². The van der Waals surface area contributed by atoms with Gasteiger partial charge in [-0.2, -0.15) is 0 Å². The molecule has 1 heterocycles. The molecule has 2 aromatic carbocycles. The summed E-state index contributed by atoms with van der Waals surface area (Å²) in [4.78, 5) is 41.9. The van der Waals surface area contributed by atoms with Crippen LogP contribution < -0.4 is 45.3 Å². The van der Waals surface area contributed by atoms with E-state index in [0.29, 0.717) is 0 Å². The molecule has 3 aromatic rings. The van der Waals surface area contributed by atoms with Crippen molar-refractivity contribution in [2.24, 2.45) is 5.11 Å². The number of benzene rings is 2. The van der Waals surface area contributed by atoms with Gasteiger partial charge in [-0.1, -0.05) is 41.5 Å². The van der Waals surface area contributed by atoms with Crippen LogP contribution in [0.2, 0.25) is 0 Å². The Hall–Kier alpha value is -3.30. The molecule has 3 rings (SSSR count). The number of aliphatic carboxylic acids is 1. The van der Waals surface area contributed by atoms with Gasteiger partial charge in [-0.25, -0.2) is 0 Å². The van der Waals surface area contributed by atoms with Crippen LogP contribution in [0.3, 0.4) is 0 Å². The summed E-state index contributed by atoms with van der Waals surface area (Å²) in [7, 11) is 0. The molecule has 0 unspecified atom stereocenters. The first-order valence-corrected chi connectivity index (χ1v) is 8.97. The number of amides is 2. The number of aromatic amines is 1. The van der Waals surface area contributed by atoms with E-state index >= 15 is 0 Å². The third-order valence-corrected chi connectivity index (χ3v) is 4.43. The van der Waals surface area contributed by atoms with E-state index in [9.17, 15) is 19.5 Å². The monoisotopic (exact) mass is 428 g/mol. The number of carbonyl (C=O) groups is 3. The van der Waals surface area contributed by atoms with Crippen molar-refractivity contribution < 1.29 is 49.0 Å². The normalized spacial score (nSPS) is 11.0. The van der Waals surface area contributed by atoms with Crippen LogP contribution in [0.25, 0.3) is 21.3 Å². The molecule has 1 aromatic heterocycles. The van der Waals surface area contributed by atoms with Gasteiger partial charge in [-0.15, -0.1) is 0 Å². The van der Waals surface area contributed by atoms with Crippen molar-refractivity contribution in [2.45, 2.75) is 12.5 Å². The summed E-state index contributed by atoms with van der Waals surface area (Å²) in [5.74, 6) is -2.76. The molecule has 31 heavy (non-hydrogen) atoms. The van der Waals surface area contributed by atoms with Crippen LogP contribution in [0.1, 0.15) is 15.9 Å². The summed E-state index contributed by atoms with van der Waals surface area (Å²) < 4.78 is 0. The maximum Gasteiger partial charge on any atom is 1.00 e. The summed E-state index contributed by atoms with van der Waals surface area (Å²) in [6.07, 6.45) is 1.84. The van der Waals surface area contributed by atoms with Gasteiger partial charge in [0.25, 0.3) is 5.91 Å². The van der Waals surface area contributed by atoms with Crippen LogP contribution >= 0.6 is 0 Å². The number of nitrogens with one attached hydrogen (secondary N) is 3. The Bertz CT molecular complexity index is 1160. The molecule has 10 nitrogen and oxygen atoms in total. The van der Waals surface area contributed by atoms with Crippen LogP contribution in [-0.2, 0) is 16.0 Å². The number of H-pyrrole nitrogens is 1. The quantitative estimate of drug-likeness (QED) is 0.169. The molecule has 3 N–H and O–H groups in total. The molecular weight excluding hydrogens is 411 g/mol. The van der Waals surface area contributed by atoms with Gasteiger partial charge in [0.05, 0.1) is 18.2 Å². The zero-order chi connectivity index (χ0) is 21.5. The van der Waals surface area contributed by atoms with E-state index in [2.05, 4.69) is 25.6 Å². The summed E-state index contributed by atoms with van der Waals surface area (Å²) in [5.41, 5.74) is 10.5. The number of azide groups is 1. The van der Waals surface area contributed by atoms with Crippen LogP contribution in [0, 0.1) is 0 Å². The van der Waals surface area contributed by atoms with Gasteiger partial charge in [0.15, 0.2) is 0 Å². The number of carboxylic acid groups (broad SMARTS) is 1. The Labute approximate surface area is 198 Å². The fourth-order valence-electron chi connectivity index (χ4n) is 3.05. The van der Waals surface area contributed by atoms with Crippen molar-refractivity contribution in [3.05, 3.63) is 76.3 Å². The number of nitrogens with zero attached hydrogens (tertiary/aromatic N) is 3. The van der Waals surface area contributed by atoms with E-state index in [1.54, 1.807) is 18.3 Å². The maximum atomic E-state index is 12.8. The summed E-state index contributed by atoms with van der Waals surface area (Å²) in [5, 5.41) is 19.9. The van der Waals surface area contributed by atoms with Crippen molar-refractivity contribution in [1.82, 2.24) is 15.6 Å². The number of rotatable bonds is 8. The third kappa shape index (κ3) is 6.09. The maximum absolute atomic E-state index is 12.8. The molecule has 2 amide bonds. The van der Waals surface area contributed by atoms with Crippen LogP contribution in [0.4, 0.5) is 5.69 Å². The van der Waals surface area contributed by atoms with Gasteiger partial charge in [0.2, 0.25) is 5.91 Å². The Balaban J connectivity index is 0.00000341. The average molecular weight is 428 g/mol. The van der Waals surface area contributed by atoms with Gasteiger partial charge in [-0.3, -0.25) is 9.59 Å². The largest absolute Gasteiger partial charge is 1.00 e.